The summed E-state index contributed by atoms with van der Waals surface area (Å²) in [7, 11) is 0. The van der Waals surface area contributed by atoms with Gasteiger partial charge in [0.15, 0.2) is 0 Å². The van der Waals surface area contributed by atoms with Gasteiger partial charge in [0.2, 0.25) is 5.91 Å². The Morgan fingerprint density at radius 1 is 0.895 bits per heavy atom. The van der Waals surface area contributed by atoms with Crippen LogP contribution in [0.15, 0.2) is 144 Å². The molecule has 0 saturated heterocycles. The van der Waals surface area contributed by atoms with Gasteiger partial charge in [-0.05, 0) is 71.7 Å². The Labute approximate surface area is 343 Å². The molecule has 0 saturated carbocycles. The Balaban J connectivity index is 1.11. The normalized spacial score (nSPS) is 13.2. The highest BCUT2D eigenvalue weighted by Crippen LogP contribution is 2.41. The SMILES string of the molecule is N#Cc1c(NC(=O)C(Sc2cccc(NC(=O)/C(=C\c3c(F)cccc3Cl)NC(=O)c3ccccc3)c2)c2ccccc2)sc2c1CCN(Cc1ccccc1)C2. The molecule has 1 atom stereocenters. The maximum atomic E-state index is 14.8. The Kier molecular flexibility index (Phi) is 12.6. The summed E-state index contributed by atoms with van der Waals surface area (Å²) in [6, 6.07) is 41.3. The number of nitrogens with one attached hydrogen (secondary N) is 3. The number of hydrogen-bond donors (Lipinski definition) is 3. The molecular weight excluding hydrogens is 777 g/mol. The van der Waals surface area contributed by atoms with Gasteiger partial charge < -0.3 is 16.0 Å². The van der Waals surface area contributed by atoms with E-state index in [9.17, 15) is 24.0 Å². The molecule has 3 N–H and O–H groups in total. The lowest BCUT2D eigenvalue weighted by Gasteiger charge is -2.26. The maximum Gasteiger partial charge on any atom is 0.272 e. The smallest absolute Gasteiger partial charge is 0.272 e. The van der Waals surface area contributed by atoms with Gasteiger partial charge in [-0.1, -0.05) is 103 Å². The van der Waals surface area contributed by atoms with Crippen LogP contribution >= 0.6 is 34.7 Å². The number of rotatable bonds is 12. The molecule has 1 aliphatic heterocycles. The molecule has 2 heterocycles. The molecule has 57 heavy (non-hydrogen) atoms. The first-order chi connectivity index (χ1) is 27.7. The van der Waals surface area contributed by atoms with E-state index in [-0.39, 0.29) is 22.2 Å². The molecule has 7 rings (SSSR count). The standard InChI is InChI=1S/C45H35ClFN5O3S2/c46-37-20-11-21-38(47)35(37)25-39(50-42(53)31-16-8-3-9-17-31)43(54)49-32-18-10-19-33(24-32)56-41(30-14-6-2-7-15-30)44(55)51-45-36(26-48)34-22-23-52(28-40(34)57-45)27-29-12-4-1-5-13-29/h1-21,24-25,41H,22-23,27-28H2,(H,49,54)(H,50,53)(H,51,55)/b39-25+. The summed E-state index contributed by atoms with van der Waals surface area (Å²) in [4.78, 5) is 45.2. The molecule has 1 unspecified atom stereocenters. The molecule has 3 amide bonds. The number of thiophene rings is 1. The lowest BCUT2D eigenvalue weighted by atomic mass is 10.0. The summed E-state index contributed by atoms with van der Waals surface area (Å²) in [5, 5.41) is 18.6. The summed E-state index contributed by atoms with van der Waals surface area (Å²) < 4.78 is 14.8. The minimum absolute atomic E-state index is 0.0608. The maximum absolute atomic E-state index is 14.8. The predicted molar refractivity (Wildman–Crippen MR) is 225 cm³/mol. The predicted octanol–water partition coefficient (Wildman–Crippen LogP) is 9.85. The van der Waals surface area contributed by atoms with E-state index in [2.05, 4.69) is 39.1 Å². The number of halogens is 2. The van der Waals surface area contributed by atoms with Gasteiger partial charge in [-0.25, -0.2) is 4.39 Å². The minimum atomic E-state index is -0.721. The molecule has 1 aromatic heterocycles. The first-order valence-corrected chi connectivity index (χ1v) is 20.1. The second-order valence-electron chi connectivity index (χ2n) is 13.2. The van der Waals surface area contributed by atoms with Crippen molar-refractivity contribution in [1.82, 2.24) is 10.2 Å². The van der Waals surface area contributed by atoms with Gasteiger partial charge in [0.1, 0.15) is 27.8 Å². The van der Waals surface area contributed by atoms with Crippen molar-refractivity contribution in [2.45, 2.75) is 29.7 Å². The monoisotopic (exact) mass is 811 g/mol. The number of carbonyl (C=O) groups is 3. The van der Waals surface area contributed by atoms with Gasteiger partial charge in [0.05, 0.1) is 10.6 Å². The minimum Gasteiger partial charge on any atom is -0.321 e. The van der Waals surface area contributed by atoms with Crippen molar-refractivity contribution < 1.29 is 18.8 Å². The number of anilines is 2. The molecule has 12 heteroatoms. The van der Waals surface area contributed by atoms with Crippen LogP contribution in [0, 0.1) is 17.1 Å². The molecule has 0 radical (unpaired) electrons. The second kappa shape index (κ2) is 18.3. The fraction of sp³-hybridized carbons (Fsp3) is 0.111. The van der Waals surface area contributed by atoms with E-state index in [4.69, 9.17) is 11.6 Å². The molecular formula is C45H35ClFN5O3S2. The number of benzene rings is 5. The van der Waals surface area contributed by atoms with E-state index in [1.807, 2.05) is 54.6 Å². The van der Waals surface area contributed by atoms with Gasteiger partial charge in [0, 0.05) is 46.2 Å². The van der Waals surface area contributed by atoms with E-state index < -0.39 is 22.9 Å². The van der Waals surface area contributed by atoms with Crippen LogP contribution in [0.4, 0.5) is 15.1 Å². The molecule has 0 bridgehead atoms. The molecule has 0 fully saturated rings. The van der Waals surface area contributed by atoms with Crippen molar-refractivity contribution in [3.8, 4) is 6.07 Å². The van der Waals surface area contributed by atoms with Crippen LogP contribution < -0.4 is 16.0 Å². The van der Waals surface area contributed by atoms with Crippen LogP contribution in [-0.4, -0.2) is 29.2 Å². The van der Waals surface area contributed by atoms with Crippen molar-refractivity contribution in [3.63, 3.8) is 0 Å². The van der Waals surface area contributed by atoms with Crippen LogP contribution in [0.3, 0.4) is 0 Å². The number of carbonyl (C=O) groups excluding carboxylic acids is 3. The third kappa shape index (κ3) is 9.68. The third-order valence-corrected chi connectivity index (χ3v) is 11.9. The number of amides is 3. The van der Waals surface area contributed by atoms with Crippen molar-refractivity contribution in [2.24, 2.45) is 0 Å². The van der Waals surface area contributed by atoms with E-state index in [0.29, 0.717) is 39.7 Å². The molecule has 8 nitrogen and oxygen atoms in total. The summed E-state index contributed by atoms with van der Waals surface area (Å²) in [5.74, 6) is -2.25. The largest absolute Gasteiger partial charge is 0.321 e. The van der Waals surface area contributed by atoms with Gasteiger partial charge in [-0.3, -0.25) is 19.3 Å². The van der Waals surface area contributed by atoms with Crippen LogP contribution in [0.25, 0.3) is 6.08 Å². The Bertz CT molecular complexity index is 2470. The number of fused-ring (bicyclic) bond motifs is 1. The summed E-state index contributed by atoms with van der Waals surface area (Å²) in [6.45, 7) is 2.30. The quantitative estimate of drug-likeness (QED) is 0.0838. The van der Waals surface area contributed by atoms with E-state index >= 15 is 0 Å². The molecule has 6 aromatic rings. The molecule has 1 aliphatic rings. The number of nitrogens with zero attached hydrogens (tertiary/aromatic N) is 2. The molecule has 284 valence electrons. The summed E-state index contributed by atoms with van der Waals surface area (Å²) in [5.41, 5.74) is 3.84. The average Bonchev–Trinajstić information content (AvgIpc) is 3.57. The third-order valence-electron chi connectivity index (χ3n) is 9.24. The highest BCUT2D eigenvalue weighted by molar-refractivity contribution is 8.00. The van der Waals surface area contributed by atoms with Gasteiger partial charge in [-0.15, -0.1) is 23.1 Å². The second-order valence-corrected chi connectivity index (χ2v) is 15.9. The zero-order valence-corrected chi connectivity index (χ0v) is 32.8. The van der Waals surface area contributed by atoms with Gasteiger partial charge in [-0.2, -0.15) is 5.26 Å². The average molecular weight is 812 g/mol. The lowest BCUT2D eigenvalue weighted by molar-refractivity contribution is -0.116. The van der Waals surface area contributed by atoms with Crippen LogP contribution in [0.2, 0.25) is 5.02 Å². The Morgan fingerprint density at radius 2 is 1.60 bits per heavy atom. The number of nitriles is 1. The first-order valence-electron chi connectivity index (χ1n) is 18.0. The first kappa shape index (κ1) is 39.2. The highest BCUT2D eigenvalue weighted by Gasteiger charge is 2.29. The Hall–Kier alpha value is -6.03. The molecule has 0 spiro atoms. The van der Waals surface area contributed by atoms with Crippen molar-refractivity contribution in [3.05, 3.63) is 188 Å². The van der Waals surface area contributed by atoms with Crippen LogP contribution in [-0.2, 0) is 29.1 Å². The van der Waals surface area contributed by atoms with Crippen LogP contribution in [0.1, 0.15) is 48.3 Å². The molecule has 5 aromatic carbocycles. The number of hydrogen-bond acceptors (Lipinski definition) is 7. The fourth-order valence-corrected chi connectivity index (χ4v) is 8.98. The number of thioether (sulfide) groups is 1. The Morgan fingerprint density at radius 3 is 2.32 bits per heavy atom. The lowest BCUT2D eigenvalue weighted by Crippen LogP contribution is -2.30. The van der Waals surface area contributed by atoms with Crippen molar-refractivity contribution >= 4 is 69.2 Å². The zero-order valence-electron chi connectivity index (χ0n) is 30.4. The highest BCUT2D eigenvalue weighted by atomic mass is 35.5. The fourth-order valence-electron chi connectivity index (χ4n) is 6.43. The van der Waals surface area contributed by atoms with Crippen LogP contribution in [0.5, 0.6) is 0 Å². The van der Waals surface area contributed by atoms with E-state index in [1.54, 1.807) is 48.5 Å². The van der Waals surface area contributed by atoms with Gasteiger partial charge in [0.25, 0.3) is 11.8 Å². The van der Waals surface area contributed by atoms with Gasteiger partial charge >= 0.3 is 0 Å². The van der Waals surface area contributed by atoms with E-state index in [1.165, 1.54) is 52.9 Å². The van der Waals surface area contributed by atoms with Crippen molar-refractivity contribution in [2.75, 3.05) is 17.2 Å². The topological polar surface area (TPSA) is 114 Å². The van der Waals surface area contributed by atoms with E-state index in [0.717, 1.165) is 29.1 Å². The summed E-state index contributed by atoms with van der Waals surface area (Å²) in [6.07, 6.45) is 1.91. The summed E-state index contributed by atoms with van der Waals surface area (Å²) >= 11 is 9.01. The zero-order chi connectivity index (χ0) is 39.7. The molecule has 0 aliphatic carbocycles. The van der Waals surface area contributed by atoms with Crippen molar-refractivity contribution in [1.29, 1.82) is 5.26 Å².